The Kier molecular flexibility index (Phi) is 8.03. The summed E-state index contributed by atoms with van der Waals surface area (Å²) in [6, 6.07) is 16.3. The summed E-state index contributed by atoms with van der Waals surface area (Å²) in [4.78, 5) is 29.7. The molecule has 0 aliphatic heterocycles. The van der Waals surface area contributed by atoms with Gasteiger partial charge in [-0.25, -0.2) is 4.39 Å². The molecule has 1 aliphatic rings. The number of aliphatic imine (C=N–C) groups is 1. The van der Waals surface area contributed by atoms with Crippen molar-refractivity contribution in [2.45, 2.75) is 30.7 Å². The van der Waals surface area contributed by atoms with Gasteiger partial charge in [0.05, 0.1) is 17.6 Å². The zero-order chi connectivity index (χ0) is 26.5. The summed E-state index contributed by atoms with van der Waals surface area (Å²) in [7, 11) is 0. The number of nitrogens with one attached hydrogen (secondary N) is 3. The van der Waals surface area contributed by atoms with E-state index >= 15 is 0 Å². The van der Waals surface area contributed by atoms with Gasteiger partial charge >= 0.3 is 0 Å². The third-order valence-electron chi connectivity index (χ3n) is 6.13. The fourth-order valence-corrected chi connectivity index (χ4v) is 4.68. The number of carbonyl (C=O) groups excluding carboxylic acids is 2. The summed E-state index contributed by atoms with van der Waals surface area (Å²) in [5, 5.41) is 14.1. The van der Waals surface area contributed by atoms with Crippen LogP contribution in [0.1, 0.15) is 36.9 Å². The van der Waals surface area contributed by atoms with Crippen molar-refractivity contribution >= 4 is 47.4 Å². The van der Waals surface area contributed by atoms with Gasteiger partial charge in [0.25, 0.3) is 5.91 Å². The fraction of sp³-hybridized carbons (Fsp3) is 0.214. The van der Waals surface area contributed by atoms with Gasteiger partial charge in [0.1, 0.15) is 11.5 Å². The van der Waals surface area contributed by atoms with Crippen molar-refractivity contribution in [2.75, 3.05) is 11.6 Å². The van der Waals surface area contributed by atoms with Crippen molar-refractivity contribution in [3.63, 3.8) is 0 Å². The Hall–Kier alpha value is -3.98. The van der Waals surface area contributed by atoms with E-state index in [1.54, 1.807) is 31.2 Å². The van der Waals surface area contributed by atoms with Crippen molar-refractivity contribution < 1.29 is 14.0 Å². The topological polar surface area (TPSA) is 120 Å². The third-order valence-corrected chi connectivity index (χ3v) is 7.06. The van der Waals surface area contributed by atoms with Crippen LogP contribution in [0.5, 0.6) is 0 Å². The summed E-state index contributed by atoms with van der Waals surface area (Å²) in [6.45, 7) is 5.36. The monoisotopic (exact) mass is 517 g/mol. The minimum Gasteiger partial charge on any atom is -0.398 e. The lowest BCUT2D eigenvalue weighted by atomic mass is 9.98. The molecule has 0 radical (unpaired) electrons. The second kappa shape index (κ2) is 11.4. The Bertz CT molecular complexity index is 1370. The molecule has 9 heteroatoms. The number of thioether (sulfide) groups is 1. The molecule has 7 nitrogen and oxygen atoms in total. The normalized spacial score (nSPS) is 13.5. The number of anilines is 1. The van der Waals surface area contributed by atoms with Crippen molar-refractivity contribution in [1.82, 2.24) is 10.6 Å². The summed E-state index contributed by atoms with van der Waals surface area (Å²) in [6.07, 6.45) is 1.89. The predicted octanol–water partition coefficient (Wildman–Crippen LogP) is 5.23. The van der Waals surface area contributed by atoms with Crippen LogP contribution >= 0.6 is 11.8 Å². The lowest BCUT2D eigenvalue weighted by molar-refractivity contribution is -0.122. The first-order valence-corrected chi connectivity index (χ1v) is 12.8. The van der Waals surface area contributed by atoms with Crippen molar-refractivity contribution in [2.24, 2.45) is 10.9 Å². The van der Waals surface area contributed by atoms with Crippen LogP contribution in [0.15, 0.2) is 70.6 Å². The predicted molar refractivity (Wildman–Crippen MR) is 147 cm³/mol. The van der Waals surface area contributed by atoms with Gasteiger partial charge in [-0.3, -0.25) is 20.0 Å². The van der Waals surface area contributed by atoms with E-state index in [0.717, 1.165) is 28.9 Å². The van der Waals surface area contributed by atoms with Crippen molar-refractivity contribution in [1.29, 1.82) is 5.41 Å². The van der Waals surface area contributed by atoms with Gasteiger partial charge in [-0.15, -0.1) is 11.8 Å². The van der Waals surface area contributed by atoms with E-state index in [9.17, 15) is 14.0 Å². The molecule has 190 valence electrons. The van der Waals surface area contributed by atoms with Gasteiger partial charge in [0.15, 0.2) is 0 Å². The zero-order valence-corrected chi connectivity index (χ0v) is 21.2. The molecule has 0 bridgehead atoms. The maximum Gasteiger partial charge on any atom is 0.270 e. The van der Waals surface area contributed by atoms with Gasteiger partial charge in [-0.05, 0) is 79.6 Å². The molecule has 3 aromatic carbocycles. The van der Waals surface area contributed by atoms with Crippen LogP contribution in [0.4, 0.5) is 15.8 Å². The first kappa shape index (κ1) is 26.1. The molecule has 1 atom stereocenters. The van der Waals surface area contributed by atoms with E-state index < -0.39 is 17.8 Å². The molecular weight excluding hydrogens is 489 g/mol. The molecule has 3 aromatic rings. The Labute approximate surface area is 219 Å². The molecule has 1 aliphatic carbocycles. The first-order valence-electron chi connectivity index (χ1n) is 11.8. The van der Waals surface area contributed by atoms with Gasteiger partial charge in [-0.1, -0.05) is 24.3 Å². The number of amides is 2. The number of hydrogen-bond donors (Lipinski definition) is 4. The molecule has 37 heavy (non-hydrogen) atoms. The molecule has 0 saturated heterocycles. The van der Waals surface area contributed by atoms with E-state index in [1.165, 1.54) is 23.9 Å². The Morgan fingerprint density at radius 1 is 1.16 bits per heavy atom. The smallest absolute Gasteiger partial charge is 0.270 e. The highest BCUT2D eigenvalue weighted by molar-refractivity contribution is 7.99. The summed E-state index contributed by atoms with van der Waals surface area (Å²) < 4.78 is 13.6. The van der Waals surface area contributed by atoms with Gasteiger partial charge in [-0.2, -0.15) is 0 Å². The number of nitrogen functional groups attached to an aromatic ring is 1. The number of carbonyl (C=O) groups is 2. The van der Waals surface area contributed by atoms with Gasteiger partial charge in [0.2, 0.25) is 5.91 Å². The van der Waals surface area contributed by atoms with Crippen LogP contribution in [-0.2, 0) is 9.59 Å². The van der Waals surface area contributed by atoms with E-state index in [0.29, 0.717) is 28.4 Å². The Balaban J connectivity index is 1.51. The van der Waals surface area contributed by atoms with Crippen LogP contribution in [0.3, 0.4) is 0 Å². The van der Waals surface area contributed by atoms with E-state index in [1.807, 2.05) is 24.3 Å². The minimum atomic E-state index is -0.616. The lowest BCUT2D eigenvalue weighted by Gasteiger charge is -2.16. The average molecular weight is 518 g/mol. The highest BCUT2D eigenvalue weighted by Gasteiger charge is 2.29. The summed E-state index contributed by atoms with van der Waals surface area (Å²) in [5.41, 5.74) is 9.32. The molecular formula is C28H28FN5O2S. The summed E-state index contributed by atoms with van der Waals surface area (Å²) >= 11 is 1.45. The van der Waals surface area contributed by atoms with E-state index in [2.05, 4.69) is 22.3 Å². The molecule has 1 saturated carbocycles. The van der Waals surface area contributed by atoms with Crippen LogP contribution in [0.25, 0.3) is 11.1 Å². The van der Waals surface area contributed by atoms with Crippen LogP contribution < -0.4 is 16.4 Å². The standard InChI is InChI=1S/C28H28FN5O2S/c1-16(18-4-3-5-21(29)12-18)34-28(36)26(31)22-13-19(8-10-23(22)30)20-9-11-24(32-2)25(14-20)37-15-33-27(35)17-6-7-17/h3-5,8-14,16-17,31H,2,6-7,15,30H2,1H3,(H,33,35)(H,34,36). The van der Waals surface area contributed by atoms with Crippen molar-refractivity contribution in [3.8, 4) is 11.1 Å². The zero-order valence-electron chi connectivity index (χ0n) is 20.4. The van der Waals surface area contributed by atoms with Crippen LogP contribution in [0, 0.1) is 17.1 Å². The molecule has 0 heterocycles. The summed E-state index contributed by atoms with van der Waals surface area (Å²) in [5.74, 6) is -0.381. The average Bonchev–Trinajstić information content (AvgIpc) is 3.74. The van der Waals surface area contributed by atoms with Crippen molar-refractivity contribution in [3.05, 3.63) is 77.6 Å². The molecule has 1 fully saturated rings. The maximum absolute atomic E-state index is 13.6. The van der Waals surface area contributed by atoms with Crippen LogP contribution in [-0.4, -0.2) is 30.1 Å². The maximum atomic E-state index is 13.6. The van der Waals surface area contributed by atoms with Crippen LogP contribution in [0.2, 0.25) is 0 Å². The highest BCUT2D eigenvalue weighted by atomic mass is 32.2. The number of rotatable bonds is 10. The Morgan fingerprint density at radius 3 is 2.59 bits per heavy atom. The van der Waals surface area contributed by atoms with E-state index in [-0.39, 0.29) is 17.5 Å². The molecule has 1 unspecified atom stereocenters. The SMILES string of the molecule is C=Nc1ccc(-c2ccc(N)c(C(=N)C(=O)NC(C)c3cccc(F)c3)c2)cc1SCNC(=O)C1CC1. The fourth-order valence-electron chi connectivity index (χ4n) is 3.82. The molecule has 2 amide bonds. The number of nitrogens with zero attached hydrogens (tertiary/aromatic N) is 1. The first-order chi connectivity index (χ1) is 17.8. The quantitative estimate of drug-likeness (QED) is 0.127. The number of nitrogens with two attached hydrogens (primary N) is 1. The number of hydrogen-bond acceptors (Lipinski definition) is 6. The molecule has 5 N–H and O–H groups in total. The van der Waals surface area contributed by atoms with Gasteiger partial charge in [0, 0.05) is 22.1 Å². The molecule has 0 spiro atoms. The number of benzene rings is 3. The second-order valence-electron chi connectivity index (χ2n) is 8.87. The number of halogens is 1. The largest absolute Gasteiger partial charge is 0.398 e. The highest BCUT2D eigenvalue weighted by Crippen LogP contribution is 2.35. The minimum absolute atomic E-state index is 0.0726. The molecule has 0 aromatic heterocycles. The third kappa shape index (κ3) is 6.42. The lowest BCUT2D eigenvalue weighted by Crippen LogP contribution is -2.33. The van der Waals surface area contributed by atoms with Gasteiger partial charge < -0.3 is 16.4 Å². The molecule has 4 rings (SSSR count). The Morgan fingerprint density at radius 2 is 1.89 bits per heavy atom. The second-order valence-corrected chi connectivity index (χ2v) is 9.89. The van der Waals surface area contributed by atoms with E-state index in [4.69, 9.17) is 11.1 Å².